The molecule has 1 saturated heterocycles. The van der Waals surface area contributed by atoms with Gasteiger partial charge in [0.25, 0.3) is 0 Å². The van der Waals surface area contributed by atoms with Crippen LogP contribution < -0.4 is 0 Å². The second kappa shape index (κ2) is 7.40. The van der Waals surface area contributed by atoms with Crippen LogP contribution in [0.2, 0.25) is 6.04 Å². The van der Waals surface area contributed by atoms with E-state index in [1.54, 1.807) is 0 Å². The van der Waals surface area contributed by atoms with Crippen molar-refractivity contribution in [2.24, 2.45) is 0 Å². The quantitative estimate of drug-likeness (QED) is 0.330. The third-order valence-corrected chi connectivity index (χ3v) is 3.96. The van der Waals surface area contributed by atoms with Crippen LogP contribution in [0.15, 0.2) is 0 Å². The smallest absolute Gasteiger partial charge is 0.162 e. The molecule has 0 spiro atoms. The highest BCUT2D eigenvalue weighted by molar-refractivity contribution is 6.27. The molecule has 0 amide bonds. The fourth-order valence-corrected chi connectivity index (χ4v) is 2.30. The first-order valence-electron chi connectivity index (χ1n) is 5.64. The van der Waals surface area contributed by atoms with Crippen LogP contribution in [0.1, 0.15) is 26.7 Å². The molecular formula is C10H22O3Si. The van der Waals surface area contributed by atoms with E-state index in [1.165, 1.54) is 6.04 Å². The Morgan fingerprint density at radius 2 is 2.36 bits per heavy atom. The van der Waals surface area contributed by atoms with Gasteiger partial charge in [-0.2, -0.15) is 0 Å². The van der Waals surface area contributed by atoms with Crippen LogP contribution in [0.3, 0.4) is 0 Å². The topological polar surface area (TPSA) is 31.0 Å². The normalized spacial score (nSPS) is 23.1. The molecule has 0 saturated carbocycles. The summed E-state index contributed by atoms with van der Waals surface area (Å²) in [5.41, 5.74) is 0. The van der Waals surface area contributed by atoms with E-state index < -0.39 is 0 Å². The van der Waals surface area contributed by atoms with Crippen LogP contribution in [0.4, 0.5) is 0 Å². The van der Waals surface area contributed by atoms with Crippen molar-refractivity contribution in [1.82, 2.24) is 0 Å². The van der Waals surface area contributed by atoms with Crippen LogP contribution >= 0.6 is 0 Å². The van der Waals surface area contributed by atoms with Crippen LogP contribution in [-0.2, 0) is 13.9 Å². The molecule has 0 radical (unpaired) electrons. The number of hydrogen-bond donors (Lipinski definition) is 0. The Morgan fingerprint density at radius 1 is 1.57 bits per heavy atom. The first-order valence-corrected chi connectivity index (χ1v) is 7.21. The van der Waals surface area contributed by atoms with Crippen molar-refractivity contribution < 1.29 is 13.9 Å². The summed E-state index contributed by atoms with van der Waals surface area (Å²) in [5.74, 6) is 0. The summed E-state index contributed by atoms with van der Waals surface area (Å²) >= 11 is 0. The third-order valence-electron chi connectivity index (χ3n) is 2.37. The van der Waals surface area contributed by atoms with Gasteiger partial charge >= 0.3 is 0 Å². The summed E-state index contributed by atoms with van der Waals surface area (Å²) in [6.07, 6.45) is 3.14. The van der Waals surface area contributed by atoms with E-state index in [0.717, 1.165) is 32.7 Å². The lowest BCUT2D eigenvalue weighted by Gasteiger charge is -2.09. The zero-order chi connectivity index (χ0) is 10.2. The fraction of sp³-hybridized carbons (Fsp3) is 1.00. The van der Waals surface area contributed by atoms with Gasteiger partial charge < -0.3 is 13.9 Å². The minimum Gasteiger partial charge on any atom is -0.421 e. The Hall–Kier alpha value is 0.0969. The summed E-state index contributed by atoms with van der Waals surface area (Å²) in [7, 11) is -0.290. The molecule has 1 heterocycles. The van der Waals surface area contributed by atoms with E-state index in [2.05, 4.69) is 13.8 Å². The second-order valence-electron chi connectivity index (χ2n) is 3.83. The molecule has 2 atom stereocenters. The summed E-state index contributed by atoms with van der Waals surface area (Å²) in [6, 6.07) is 1.23. The minimum absolute atomic E-state index is 0.290. The fourth-order valence-electron chi connectivity index (χ4n) is 1.09. The maximum Gasteiger partial charge on any atom is 0.162 e. The van der Waals surface area contributed by atoms with Crippen molar-refractivity contribution in [2.75, 3.05) is 19.8 Å². The molecule has 14 heavy (non-hydrogen) atoms. The first-order chi connectivity index (χ1) is 6.83. The Kier molecular flexibility index (Phi) is 6.43. The van der Waals surface area contributed by atoms with Crippen molar-refractivity contribution in [1.29, 1.82) is 0 Å². The van der Waals surface area contributed by atoms with Crippen molar-refractivity contribution in [3.8, 4) is 0 Å². The average Bonchev–Trinajstić information content (AvgIpc) is 2.99. The van der Waals surface area contributed by atoms with Gasteiger partial charge in [0.1, 0.15) is 6.10 Å². The number of rotatable bonds is 9. The van der Waals surface area contributed by atoms with E-state index in [-0.39, 0.29) is 9.76 Å². The molecule has 1 fully saturated rings. The van der Waals surface area contributed by atoms with Crippen molar-refractivity contribution in [2.45, 2.75) is 44.9 Å². The maximum atomic E-state index is 5.69. The van der Waals surface area contributed by atoms with Gasteiger partial charge in [-0.15, -0.1) is 0 Å². The molecule has 2 unspecified atom stereocenters. The molecule has 0 aliphatic carbocycles. The molecule has 84 valence electrons. The van der Waals surface area contributed by atoms with Crippen LogP contribution in [0, 0.1) is 0 Å². The lowest BCUT2D eigenvalue weighted by molar-refractivity contribution is 0.116. The van der Waals surface area contributed by atoms with Crippen molar-refractivity contribution >= 4 is 9.76 Å². The standard InChI is InChI=1S/C10H22O3Si/c1-3-9(2)13-14-6-4-5-11-7-10-8-12-10/h9-10H,3-8,14H2,1-2H3. The lowest BCUT2D eigenvalue weighted by Crippen LogP contribution is -2.11. The summed E-state index contributed by atoms with van der Waals surface area (Å²) in [5, 5.41) is 0. The Bertz CT molecular complexity index is 139. The molecule has 0 N–H and O–H groups in total. The molecule has 1 rings (SSSR count). The van der Waals surface area contributed by atoms with Gasteiger partial charge in [0.15, 0.2) is 9.76 Å². The summed E-state index contributed by atoms with van der Waals surface area (Å²) in [6.45, 7) is 6.86. The molecule has 1 aliphatic heterocycles. The molecule has 0 aromatic heterocycles. The highest BCUT2D eigenvalue weighted by Gasteiger charge is 2.21. The van der Waals surface area contributed by atoms with E-state index in [4.69, 9.17) is 13.9 Å². The minimum atomic E-state index is -0.290. The van der Waals surface area contributed by atoms with E-state index in [9.17, 15) is 0 Å². The molecule has 1 aliphatic rings. The number of epoxide rings is 1. The van der Waals surface area contributed by atoms with Gasteiger partial charge in [0, 0.05) is 12.7 Å². The second-order valence-corrected chi connectivity index (χ2v) is 5.28. The zero-order valence-electron chi connectivity index (χ0n) is 9.33. The van der Waals surface area contributed by atoms with Crippen molar-refractivity contribution in [3.63, 3.8) is 0 Å². The molecule has 0 aromatic rings. The number of hydrogen-bond acceptors (Lipinski definition) is 3. The third kappa shape index (κ3) is 6.54. The van der Waals surface area contributed by atoms with E-state index >= 15 is 0 Å². The van der Waals surface area contributed by atoms with Gasteiger partial charge in [-0.25, -0.2) is 0 Å². The monoisotopic (exact) mass is 218 g/mol. The van der Waals surface area contributed by atoms with Crippen molar-refractivity contribution in [3.05, 3.63) is 0 Å². The Morgan fingerprint density at radius 3 is 3.00 bits per heavy atom. The highest BCUT2D eigenvalue weighted by Crippen LogP contribution is 2.08. The molecule has 0 aromatic carbocycles. The summed E-state index contributed by atoms with van der Waals surface area (Å²) in [4.78, 5) is 0. The zero-order valence-corrected chi connectivity index (χ0v) is 10.7. The molecule has 4 heteroatoms. The average molecular weight is 218 g/mol. The predicted molar refractivity (Wildman–Crippen MR) is 59.4 cm³/mol. The highest BCUT2D eigenvalue weighted by atomic mass is 28.2. The van der Waals surface area contributed by atoms with Crippen LogP contribution in [0.25, 0.3) is 0 Å². The first kappa shape index (κ1) is 12.2. The Balaban J connectivity index is 1.70. The summed E-state index contributed by atoms with van der Waals surface area (Å²) < 4.78 is 16.2. The molecule has 3 nitrogen and oxygen atoms in total. The van der Waals surface area contributed by atoms with E-state index in [1.807, 2.05) is 0 Å². The van der Waals surface area contributed by atoms with Gasteiger partial charge in [-0.1, -0.05) is 6.92 Å². The largest absolute Gasteiger partial charge is 0.421 e. The lowest BCUT2D eigenvalue weighted by atomic mass is 10.3. The molecular weight excluding hydrogens is 196 g/mol. The van der Waals surface area contributed by atoms with Gasteiger partial charge in [-0.05, 0) is 25.8 Å². The van der Waals surface area contributed by atoms with Gasteiger partial charge in [-0.3, -0.25) is 0 Å². The SMILES string of the molecule is CCC(C)O[SiH2]CCCOCC1CO1. The van der Waals surface area contributed by atoms with Gasteiger partial charge in [0.2, 0.25) is 0 Å². The molecule has 0 bridgehead atoms. The Labute approximate surface area is 89.1 Å². The van der Waals surface area contributed by atoms with E-state index in [0.29, 0.717) is 12.2 Å². The predicted octanol–water partition coefficient (Wildman–Crippen LogP) is 1.11. The number of ether oxygens (including phenoxy) is 2. The van der Waals surface area contributed by atoms with Gasteiger partial charge in [0.05, 0.1) is 13.2 Å². The van der Waals surface area contributed by atoms with Crippen LogP contribution in [0.5, 0.6) is 0 Å². The maximum absolute atomic E-state index is 5.69. The van der Waals surface area contributed by atoms with Crippen LogP contribution in [-0.4, -0.2) is 41.8 Å².